The van der Waals surface area contributed by atoms with Crippen molar-refractivity contribution in [2.45, 2.75) is 25.6 Å². The van der Waals surface area contributed by atoms with Crippen molar-refractivity contribution in [3.63, 3.8) is 0 Å². The molecule has 0 heterocycles. The summed E-state index contributed by atoms with van der Waals surface area (Å²) in [5.74, 6) is 0. The van der Waals surface area contributed by atoms with Crippen molar-refractivity contribution in [3.05, 3.63) is 29.3 Å². The van der Waals surface area contributed by atoms with Crippen molar-refractivity contribution < 1.29 is 8.42 Å². The molecular weight excluding hydrogens is 302 g/mol. The largest absolute Gasteiger partial charge is 0.270 e. The Morgan fingerprint density at radius 3 is 2.41 bits per heavy atom. The van der Waals surface area contributed by atoms with Crippen LogP contribution in [0.4, 0.5) is 5.69 Å². The molecule has 0 unspecified atom stereocenters. The maximum atomic E-state index is 11.7. The topological polar surface area (TPSA) is 37.4 Å². The Morgan fingerprint density at radius 1 is 1.29 bits per heavy atom. The fourth-order valence-corrected chi connectivity index (χ4v) is 3.08. The van der Waals surface area contributed by atoms with E-state index in [2.05, 4.69) is 15.9 Å². The third-order valence-corrected chi connectivity index (χ3v) is 4.23. The van der Waals surface area contributed by atoms with Gasteiger partial charge in [-0.1, -0.05) is 28.9 Å². The Kier molecular flexibility index (Phi) is 5.01. The number of benzene rings is 1. The zero-order chi connectivity index (χ0) is 13.1. The second-order valence-corrected chi connectivity index (χ2v) is 6.61. The summed E-state index contributed by atoms with van der Waals surface area (Å²) in [7, 11) is -3.20. The Bertz CT molecular complexity index is 485. The molecule has 5 heteroatoms. The average molecular weight is 320 g/mol. The van der Waals surface area contributed by atoms with Crippen LogP contribution in [0.15, 0.2) is 18.2 Å². The van der Waals surface area contributed by atoms with Gasteiger partial charge in [0.25, 0.3) is 0 Å². The highest BCUT2D eigenvalue weighted by Crippen LogP contribution is 2.23. The summed E-state index contributed by atoms with van der Waals surface area (Å²) in [5, 5.41) is 0.728. The van der Waals surface area contributed by atoms with Crippen LogP contribution in [0.2, 0.25) is 0 Å². The fourth-order valence-electron chi connectivity index (χ4n) is 1.75. The molecule has 0 spiro atoms. The average Bonchev–Trinajstić information content (AvgIpc) is 2.23. The van der Waals surface area contributed by atoms with Gasteiger partial charge in [-0.05, 0) is 36.6 Å². The molecule has 0 fully saturated rings. The highest BCUT2D eigenvalue weighted by molar-refractivity contribution is 9.08. The molecule has 1 rings (SSSR count). The summed E-state index contributed by atoms with van der Waals surface area (Å²) in [5.41, 5.74) is 2.91. The summed E-state index contributed by atoms with van der Waals surface area (Å²) in [6, 6.07) is 5.87. The fraction of sp³-hybridized carbons (Fsp3) is 0.500. The van der Waals surface area contributed by atoms with Crippen LogP contribution in [0.1, 0.15) is 24.5 Å². The smallest absolute Gasteiger partial charge is 0.232 e. The van der Waals surface area contributed by atoms with Crippen molar-refractivity contribution in [2.24, 2.45) is 0 Å². The number of hydrogen-bond donors (Lipinski definition) is 0. The van der Waals surface area contributed by atoms with Crippen molar-refractivity contribution in [1.82, 2.24) is 0 Å². The number of sulfonamides is 1. The van der Waals surface area contributed by atoms with Crippen LogP contribution in [0, 0.1) is 6.92 Å². The van der Waals surface area contributed by atoms with Gasteiger partial charge in [-0.2, -0.15) is 0 Å². The number of hydrogen-bond acceptors (Lipinski definition) is 2. The summed E-state index contributed by atoms with van der Waals surface area (Å²) >= 11 is 3.40. The molecule has 0 aliphatic rings. The Morgan fingerprint density at radius 2 is 1.94 bits per heavy atom. The van der Waals surface area contributed by atoms with E-state index < -0.39 is 10.0 Å². The van der Waals surface area contributed by atoms with Crippen LogP contribution in [0.3, 0.4) is 0 Å². The van der Waals surface area contributed by atoms with E-state index in [1.54, 1.807) is 0 Å². The summed E-state index contributed by atoms with van der Waals surface area (Å²) in [4.78, 5) is 0. The van der Waals surface area contributed by atoms with Gasteiger partial charge in [0.1, 0.15) is 0 Å². The number of nitrogens with zero attached hydrogens (tertiary/aromatic N) is 1. The van der Waals surface area contributed by atoms with Crippen LogP contribution in [0.5, 0.6) is 0 Å². The Labute approximate surface area is 112 Å². The first kappa shape index (κ1) is 14.5. The molecule has 0 saturated heterocycles. The van der Waals surface area contributed by atoms with Crippen molar-refractivity contribution >= 4 is 31.6 Å². The molecule has 0 aliphatic heterocycles. The predicted molar refractivity (Wildman–Crippen MR) is 76.3 cm³/mol. The molecule has 0 amide bonds. The molecular formula is C12H18BrNO2S. The van der Waals surface area contributed by atoms with E-state index in [4.69, 9.17) is 0 Å². The standard InChI is InChI=1S/C12H18BrNO2S/c1-4-5-14(17(3,15)16)12-7-10(2)6-11(8-12)9-13/h6-8H,4-5,9H2,1-3H3. The summed E-state index contributed by atoms with van der Waals surface area (Å²) in [6.07, 6.45) is 2.05. The Balaban J connectivity index is 3.23. The first-order chi connectivity index (χ1) is 7.88. The van der Waals surface area contributed by atoms with Crippen LogP contribution >= 0.6 is 15.9 Å². The maximum Gasteiger partial charge on any atom is 0.232 e. The molecule has 0 atom stereocenters. The lowest BCUT2D eigenvalue weighted by Crippen LogP contribution is -2.30. The first-order valence-electron chi connectivity index (χ1n) is 5.52. The number of alkyl halides is 1. The number of anilines is 1. The second-order valence-electron chi connectivity index (χ2n) is 4.15. The van der Waals surface area contributed by atoms with Crippen molar-refractivity contribution in [3.8, 4) is 0 Å². The molecule has 1 aromatic carbocycles. The molecule has 0 saturated carbocycles. The number of halogens is 1. The molecule has 17 heavy (non-hydrogen) atoms. The molecule has 0 radical (unpaired) electrons. The summed E-state index contributed by atoms with van der Waals surface area (Å²) < 4.78 is 25.0. The molecule has 0 N–H and O–H groups in total. The minimum absolute atomic E-state index is 0.518. The quantitative estimate of drug-likeness (QED) is 0.782. The highest BCUT2D eigenvalue weighted by Gasteiger charge is 2.16. The maximum absolute atomic E-state index is 11.7. The van der Waals surface area contributed by atoms with Gasteiger partial charge in [0.2, 0.25) is 10.0 Å². The van der Waals surface area contributed by atoms with Gasteiger partial charge in [0.15, 0.2) is 0 Å². The van der Waals surface area contributed by atoms with Crippen molar-refractivity contribution in [2.75, 3.05) is 17.1 Å². The third-order valence-electron chi connectivity index (χ3n) is 2.39. The van der Waals surface area contributed by atoms with Gasteiger partial charge in [-0.3, -0.25) is 4.31 Å². The zero-order valence-electron chi connectivity index (χ0n) is 10.4. The van der Waals surface area contributed by atoms with Crippen LogP contribution in [0.25, 0.3) is 0 Å². The zero-order valence-corrected chi connectivity index (χ0v) is 12.8. The predicted octanol–water partition coefficient (Wildman–Crippen LogP) is 3.07. The molecule has 0 bridgehead atoms. The second kappa shape index (κ2) is 5.87. The lowest BCUT2D eigenvalue weighted by molar-refractivity contribution is 0.596. The molecule has 1 aromatic rings. The van der Waals surface area contributed by atoms with E-state index in [1.165, 1.54) is 10.6 Å². The number of aryl methyl sites for hydroxylation is 1. The molecule has 0 aromatic heterocycles. The molecule has 96 valence electrons. The lowest BCUT2D eigenvalue weighted by atomic mass is 10.1. The Hall–Kier alpha value is -0.550. The van der Waals surface area contributed by atoms with E-state index in [-0.39, 0.29) is 0 Å². The van der Waals surface area contributed by atoms with Gasteiger partial charge in [0.05, 0.1) is 11.9 Å². The van der Waals surface area contributed by atoms with E-state index in [9.17, 15) is 8.42 Å². The van der Waals surface area contributed by atoms with Crippen LogP contribution < -0.4 is 4.31 Å². The van der Waals surface area contributed by atoms with Gasteiger partial charge < -0.3 is 0 Å². The minimum atomic E-state index is -3.20. The summed E-state index contributed by atoms with van der Waals surface area (Å²) in [6.45, 7) is 4.46. The van der Waals surface area contributed by atoms with E-state index >= 15 is 0 Å². The normalized spacial score (nSPS) is 11.5. The van der Waals surface area contributed by atoms with Crippen LogP contribution in [-0.4, -0.2) is 21.2 Å². The van der Waals surface area contributed by atoms with E-state index in [0.29, 0.717) is 6.54 Å². The first-order valence-corrected chi connectivity index (χ1v) is 8.49. The molecule has 0 aliphatic carbocycles. The van der Waals surface area contributed by atoms with Gasteiger partial charge in [-0.25, -0.2) is 8.42 Å². The third kappa shape index (κ3) is 4.00. The monoisotopic (exact) mass is 319 g/mol. The highest BCUT2D eigenvalue weighted by atomic mass is 79.9. The van der Waals surface area contributed by atoms with Crippen molar-refractivity contribution in [1.29, 1.82) is 0 Å². The van der Waals surface area contributed by atoms with E-state index in [0.717, 1.165) is 28.6 Å². The lowest BCUT2D eigenvalue weighted by Gasteiger charge is -2.22. The van der Waals surface area contributed by atoms with Gasteiger partial charge >= 0.3 is 0 Å². The van der Waals surface area contributed by atoms with Gasteiger partial charge in [-0.15, -0.1) is 0 Å². The van der Waals surface area contributed by atoms with Crippen LogP contribution in [-0.2, 0) is 15.4 Å². The van der Waals surface area contributed by atoms with E-state index in [1.807, 2.05) is 32.0 Å². The SMILES string of the molecule is CCCN(c1cc(C)cc(CBr)c1)S(C)(=O)=O. The number of rotatable bonds is 5. The minimum Gasteiger partial charge on any atom is -0.270 e. The van der Waals surface area contributed by atoms with Gasteiger partial charge in [0, 0.05) is 11.9 Å². The molecule has 3 nitrogen and oxygen atoms in total.